The van der Waals surface area contributed by atoms with Gasteiger partial charge >= 0.3 is 6.18 Å². The molecule has 2 aromatic carbocycles. The van der Waals surface area contributed by atoms with Gasteiger partial charge in [0.05, 0.1) is 22.7 Å². The van der Waals surface area contributed by atoms with Crippen LogP contribution in [-0.2, 0) is 22.7 Å². The van der Waals surface area contributed by atoms with E-state index in [4.69, 9.17) is 11.6 Å². The number of hydrogen-bond donors (Lipinski definition) is 1. The topological polar surface area (TPSA) is 89.8 Å². The molecule has 12 heteroatoms. The van der Waals surface area contributed by atoms with Crippen molar-refractivity contribution < 1.29 is 21.6 Å². The van der Waals surface area contributed by atoms with Gasteiger partial charge in [0.2, 0.25) is 10.0 Å². The molecule has 1 heterocycles. The van der Waals surface area contributed by atoms with Crippen LogP contribution in [0.2, 0.25) is 5.02 Å². The van der Waals surface area contributed by atoms with E-state index >= 15 is 0 Å². The molecule has 0 spiro atoms. The minimum atomic E-state index is -4.65. The highest BCUT2D eigenvalue weighted by Crippen LogP contribution is 2.30. The Balaban J connectivity index is 1.81. The number of nitrogens with one attached hydrogen (secondary N) is 1. The Bertz CT molecular complexity index is 1050. The third-order valence-corrected chi connectivity index (χ3v) is 5.15. The molecule has 142 valence electrons. The molecule has 1 aromatic heterocycles. The monoisotopic (exact) mass is 417 g/mol. The van der Waals surface area contributed by atoms with Crippen LogP contribution in [0.4, 0.5) is 13.2 Å². The third kappa shape index (κ3) is 4.43. The van der Waals surface area contributed by atoms with Crippen LogP contribution >= 0.6 is 11.6 Å². The second kappa shape index (κ2) is 7.25. The fraction of sp³-hybridized carbons (Fsp3) is 0.133. The van der Waals surface area contributed by atoms with E-state index in [2.05, 4.69) is 20.2 Å². The van der Waals surface area contributed by atoms with E-state index in [0.29, 0.717) is 16.8 Å². The van der Waals surface area contributed by atoms with Crippen molar-refractivity contribution >= 4 is 21.6 Å². The van der Waals surface area contributed by atoms with Crippen LogP contribution in [0.3, 0.4) is 0 Å². The maximum atomic E-state index is 12.8. The molecule has 0 aliphatic rings. The smallest absolute Gasteiger partial charge is 0.207 e. The molecule has 3 rings (SSSR count). The molecular formula is C15H11ClF3N5O2S. The summed E-state index contributed by atoms with van der Waals surface area (Å²) in [5.41, 5.74) is -0.519. The van der Waals surface area contributed by atoms with Crippen molar-refractivity contribution in [1.29, 1.82) is 0 Å². The Morgan fingerprint density at radius 1 is 1.11 bits per heavy atom. The number of tetrazole rings is 1. The van der Waals surface area contributed by atoms with Gasteiger partial charge in [0.25, 0.3) is 0 Å². The van der Waals surface area contributed by atoms with Gasteiger partial charge in [-0.05, 0) is 52.9 Å². The van der Waals surface area contributed by atoms with Gasteiger partial charge in [0.15, 0.2) is 5.82 Å². The van der Waals surface area contributed by atoms with Crippen LogP contribution < -0.4 is 4.72 Å². The lowest BCUT2D eigenvalue weighted by molar-refractivity contribution is -0.137. The predicted octanol–water partition coefficient (Wildman–Crippen LogP) is 2.81. The summed E-state index contributed by atoms with van der Waals surface area (Å²) in [6, 6.07) is 9.91. The molecule has 0 amide bonds. The lowest BCUT2D eigenvalue weighted by Crippen LogP contribution is -2.25. The van der Waals surface area contributed by atoms with Gasteiger partial charge in [-0.15, -0.1) is 5.10 Å². The average Bonchev–Trinajstić information content (AvgIpc) is 3.09. The molecule has 0 unspecified atom stereocenters. The largest absolute Gasteiger partial charge is 0.416 e. The number of rotatable bonds is 5. The number of halogens is 4. The molecule has 0 aliphatic carbocycles. The molecule has 0 saturated heterocycles. The first kappa shape index (κ1) is 19.3. The lowest BCUT2D eigenvalue weighted by Gasteiger charge is -2.10. The maximum absolute atomic E-state index is 12.8. The van der Waals surface area contributed by atoms with Crippen molar-refractivity contribution in [2.24, 2.45) is 0 Å². The van der Waals surface area contributed by atoms with Gasteiger partial charge in [-0.3, -0.25) is 0 Å². The Morgan fingerprint density at radius 3 is 2.48 bits per heavy atom. The van der Waals surface area contributed by atoms with Crippen LogP contribution in [0.5, 0.6) is 0 Å². The molecule has 7 nitrogen and oxygen atoms in total. The van der Waals surface area contributed by atoms with Crippen molar-refractivity contribution in [2.75, 3.05) is 0 Å². The van der Waals surface area contributed by atoms with E-state index in [-0.39, 0.29) is 12.4 Å². The Morgan fingerprint density at radius 2 is 1.81 bits per heavy atom. The molecule has 3 aromatic rings. The Kier molecular flexibility index (Phi) is 5.18. The van der Waals surface area contributed by atoms with Crippen LogP contribution in [0, 0.1) is 0 Å². The van der Waals surface area contributed by atoms with Crippen LogP contribution in [0.15, 0.2) is 53.4 Å². The molecule has 0 radical (unpaired) electrons. The van der Waals surface area contributed by atoms with Gasteiger partial charge in [-0.1, -0.05) is 17.7 Å². The van der Waals surface area contributed by atoms with Crippen LogP contribution in [0.1, 0.15) is 11.4 Å². The number of sulfonamides is 1. The summed E-state index contributed by atoms with van der Waals surface area (Å²) in [5.74, 6) is 0.146. The fourth-order valence-corrected chi connectivity index (χ4v) is 3.33. The van der Waals surface area contributed by atoms with Gasteiger partial charge in [-0.25, -0.2) is 13.1 Å². The molecule has 0 fully saturated rings. The number of nitrogens with zero attached hydrogens (tertiary/aromatic N) is 4. The summed E-state index contributed by atoms with van der Waals surface area (Å²) in [5, 5.41) is 11.5. The zero-order valence-electron chi connectivity index (χ0n) is 13.4. The van der Waals surface area contributed by atoms with E-state index in [0.717, 1.165) is 18.2 Å². The number of aromatic nitrogens is 4. The zero-order valence-corrected chi connectivity index (χ0v) is 14.9. The highest BCUT2D eigenvalue weighted by atomic mass is 35.5. The number of benzene rings is 2. The van der Waals surface area contributed by atoms with Gasteiger partial charge in [-0.2, -0.15) is 17.9 Å². The lowest BCUT2D eigenvalue weighted by atomic mass is 10.2. The Labute approximate surface area is 156 Å². The first-order chi connectivity index (χ1) is 12.7. The first-order valence-electron chi connectivity index (χ1n) is 7.37. The summed E-state index contributed by atoms with van der Waals surface area (Å²) in [4.78, 5) is -0.511. The maximum Gasteiger partial charge on any atom is 0.416 e. The van der Waals surface area contributed by atoms with E-state index in [1.807, 2.05) is 0 Å². The fourth-order valence-electron chi connectivity index (χ4n) is 2.18. The second-order valence-electron chi connectivity index (χ2n) is 5.33. The summed E-state index contributed by atoms with van der Waals surface area (Å²) >= 11 is 5.81. The van der Waals surface area contributed by atoms with E-state index in [9.17, 15) is 21.6 Å². The minimum Gasteiger partial charge on any atom is -0.207 e. The van der Waals surface area contributed by atoms with Crippen molar-refractivity contribution in [3.63, 3.8) is 0 Å². The summed E-state index contributed by atoms with van der Waals surface area (Å²) < 4.78 is 66.5. The summed E-state index contributed by atoms with van der Waals surface area (Å²) in [7, 11) is -4.20. The average molecular weight is 418 g/mol. The van der Waals surface area contributed by atoms with Gasteiger partial charge < -0.3 is 0 Å². The van der Waals surface area contributed by atoms with E-state index in [1.165, 1.54) is 4.68 Å². The van der Waals surface area contributed by atoms with Gasteiger partial charge in [0, 0.05) is 5.02 Å². The molecule has 1 N–H and O–H groups in total. The first-order valence-corrected chi connectivity index (χ1v) is 9.23. The van der Waals surface area contributed by atoms with Crippen LogP contribution in [-0.4, -0.2) is 28.6 Å². The normalized spacial score (nSPS) is 12.3. The molecular weight excluding hydrogens is 407 g/mol. The molecule has 0 atom stereocenters. The molecule has 0 bridgehead atoms. The molecule has 0 saturated carbocycles. The summed E-state index contributed by atoms with van der Waals surface area (Å²) in [6.07, 6.45) is -4.65. The zero-order chi connectivity index (χ0) is 19.7. The highest BCUT2D eigenvalue weighted by Gasteiger charge is 2.31. The van der Waals surface area contributed by atoms with Gasteiger partial charge in [0.1, 0.15) is 0 Å². The van der Waals surface area contributed by atoms with Crippen molar-refractivity contribution in [3.8, 4) is 5.69 Å². The Hall–Kier alpha value is -2.50. The summed E-state index contributed by atoms with van der Waals surface area (Å²) in [6.45, 7) is -0.325. The SMILES string of the molecule is O=S(=O)(NCc1nnnn1-c1ccc(Cl)cc1)c1cccc(C(F)(F)F)c1. The number of alkyl halides is 3. The number of hydrogen-bond acceptors (Lipinski definition) is 5. The van der Waals surface area contributed by atoms with Crippen molar-refractivity contribution in [2.45, 2.75) is 17.6 Å². The second-order valence-corrected chi connectivity index (χ2v) is 7.54. The highest BCUT2D eigenvalue weighted by molar-refractivity contribution is 7.89. The standard InChI is InChI=1S/C15H11ClF3N5O2S/c16-11-4-6-12(7-5-11)24-14(21-22-23-24)9-20-27(25,26)13-3-1-2-10(8-13)15(17,18)19/h1-8,20H,9H2. The third-order valence-electron chi connectivity index (χ3n) is 3.50. The minimum absolute atomic E-state index is 0.146. The molecule has 27 heavy (non-hydrogen) atoms. The van der Waals surface area contributed by atoms with E-state index < -0.39 is 26.7 Å². The quantitative estimate of drug-likeness (QED) is 0.689. The van der Waals surface area contributed by atoms with Crippen LogP contribution in [0.25, 0.3) is 5.69 Å². The van der Waals surface area contributed by atoms with Crippen molar-refractivity contribution in [1.82, 2.24) is 24.9 Å². The molecule has 0 aliphatic heterocycles. The van der Waals surface area contributed by atoms with Crippen molar-refractivity contribution in [3.05, 3.63) is 64.9 Å². The predicted molar refractivity (Wildman–Crippen MR) is 89.6 cm³/mol. The van der Waals surface area contributed by atoms with E-state index in [1.54, 1.807) is 24.3 Å².